The second-order valence-electron chi connectivity index (χ2n) is 6.57. The fourth-order valence-electron chi connectivity index (χ4n) is 2.44. The Labute approximate surface area is 119 Å². The Morgan fingerprint density at radius 1 is 1.26 bits per heavy atom. The molecular weight excluding hydrogens is 258 g/mol. The van der Waals surface area contributed by atoms with E-state index in [0.29, 0.717) is 17.5 Å². The highest BCUT2D eigenvalue weighted by atomic mass is 32.1. The molecule has 0 atom stereocenters. The smallest absolute Gasteiger partial charge is 0.226 e. The second-order valence-corrected chi connectivity index (χ2v) is 7.58. The van der Waals surface area contributed by atoms with Crippen LogP contribution >= 0.6 is 11.3 Å². The fourth-order valence-corrected chi connectivity index (χ4v) is 3.37. The van der Waals surface area contributed by atoms with E-state index < -0.39 is 0 Å². The van der Waals surface area contributed by atoms with Gasteiger partial charge in [0.05, 0.1) is 0 Å². The Balaban J connectivity index is 1.91. The number of carbonyl (C=O) groups excluding carboxylic acids is 1. The van der Waals surface area contributed by atoms with Crippen molar-refractivity contribution in [1.29, 1.82) is 0 Å². The molecule has 1 N–H and O–H groups in total. The zero-order valence-electron chi connectivity index (χ0n) is 12.0. The minimum absolute atomic E-state index is 0.000963. The van der Waals surface area contributed by atoms with Gasteiger partial charge in [-0.05, 0) is 18.3 Å². The van der Waals surface area contributed by atoms with Gasteiger partial charge in [0.15, 0.2) is 0 Å². The Hall–Kier alpha value is -0.970. The molecule has 106 valence electrons. The highest BCUT2D eigenvalue weighted by Crippen LogP contribution is 2.35. The molecule has 1 aliphatic rings. The van der Waals surface area contributed by atoms with E-state index in [2.05, 4.69) is 36.3 Å². The van der Waals surface area contributed by atoms with Crippen molar-refractivity contribution in [2.45, 2.75) is 65.2 Å². The highest BCUT2D eigenvalue weighted by molar-refractivity contribution is 7.15. The highest BCUT2D eigenvalue weighted by Gasteiger charge is 2.21. The minimum Gasteiger partial charge on any atom is -0.301 e. The van der Waals surface area contributed by atoms with E-state index in [-0.39, 0.29) is 11.3 Å². The van der Waals surface area contributed by atoms with Crippen LogP contribution in [0, 0.1) is 5.41 Å². The van der Waals surface area contributed by atoms with Crippen LogP contribution in [0.15, 0.2) is 0 Å². The van der Waals surface area contributed by atoms with Crippen molar-refractivity contribution in [2.75, 3.05) is 5.32 Å². The molecule has 1 saturated carbocycles. The monoisotopic (exact) mass is 281 g/mol. The molecule has 2 rings (SSSR count). The molecule has 0 unspecified atom stereocenters. The summed E-state index contributed by atoms with van der Waals surface area (Å²) in [6, 6.07) is 0. The number of hydrogen-bond donors (Lipinski definition) is 1. The summed E-state index contributed by atoms with van der Waals surface area (Å²) in [4.78, 5) is 11.8. The van der Waals surface area contributed by atoms with Crippen LogP contribution in [0.5, 0.6) is 0 Å². The first-order valence-electron chi connectivity index (χ1n) is 7.07. The lowest BCUT2D eigenvalue weighted by Crippen LogP contribution is -2.19. The van der Waals surface area contributed by atoms with Crippen molar-refractivity contribution in [3.63, 3.8) is 0 Å². The lowest BCUT2D eigenvalue weighted by molar-refractivity contribution is -0.117. The first-order chi connectivity index (χ1) is 8.94. The summed E-state index contributed by atoms with van der Waals surface area (Å²) >= 11 is 1.54. The first-order valence-corrected chi connectivity index (χ1v) is 7.89. The van der Waals surface area contributed by atoms with Crippen LogP contribution in [-0.2, 0) is 4.79 Å². The average Bonchev–Trinajstić information content (AvgIpc) is 2.76. The number of nitrogens with zero attached hydrogens (tertiary/aromatic N) is 2. The van der Waals surface area contributed by atoms with Crippen molar-refractivity contribution in [2.24, 2.45) is 5.41 Å². The van der Waals surface area contributed by atoms with Crippen molar-refractivity contribution < 1.29 is 4.79 Å². The SMILES string of the molecule is CC(C)(C)CC(=O)Nc1nnc(C2CCCCC2)s1. The number of carbonyl (C=O) groups is 1. The summed E-state index contributed by atoms with van der Waals surface area (Å²) in [5, 5.41) is 12.9. The molecule has 5 heteroatoms. The molecule has 0 aromatic carbocycles. The van der Waals surface area contributed by atoms with Gasteiger partial charge < -0.3 is 5.32 Å². The molecule has 0 saturated heterocycles. The summed E-state index contributed by atoms with van der Waals surface area (Å²) in [5.41, 5.74) is 0.000963. The van der Waals surface area contributed by atoms with Crippen molar-refractivity contribution in [3.8, 4) is 0 Å². The minimum atomic E-state index is 0.000963. The number of hydrogen-bond acceptors (Lipinski definition) is 4. The van der Waals surface area contributed by atoms with Gasteiger partial charge in [-0.15, -0.1) is 10.2 Å². The van der Waals surface area contributed by atoms with Crippen LogP contribution in [0.4, 0.5) is 5.13 Å². The molecule has 1 amide bonds. The summed E-state index contributed by atoms with van der Waals surface area (Å²) in [6.07, 6.45) is 6.84. The van der Waals surface area contributed by atoms with Crippen LogP contribution in [-0.4, -0.2) is 16.1 Å². The topological polar surface area (TPSA) is 54.9 Å². The van der Waals surface area contributed by atoms with E-state index >= 15 is 0 Å². The van der Waals surface area contributed by atoms with Crippen LogP contribution in [0.1, 0.15) is 70.2 Å². The predicted octanol–water partition coefficient (Wildman–Crippen LogP) is 3.96. The van der Waals surface area contributed by atoms with Crippen LogP contribution < -0.4 is 5.32 Å². The average molecular weight is 281 g/mol. The first kappa shape index (κ1) is 14.4. The molecule has 1 aromatic heterocycles. The third kappa shape index (κ3) is 4.56. The maximum absolute atomic E-state index is 11.8. The van der Waals surface area contributed by atoms with E-state index in [9.17, 15) is 4.79 Å². The van der Waals surface area contributed by atoms with Crippen LogP contribution in [0.3, 0.4) is 0 Å². The van der Waals surface area contributed by atoms with Gasteiger partial charge in [-0.1, -0.05) is 51.4 Å². The summed E-state index contributed by atoms with van der Waals surface area (Å²) in [6.45, 7) is 6.17. The number of anilines is 1. The molecule has 19 heavy (non-hydrogen) atoms. The van der Waals surface area contributed by atoms with Gasteiger partial charge in [-0.3, -0.25) is 4.79 Å². The third-order valence-electron chi connectivity index (χ3n) is 3.33. The molecule has 1 aromatic rings. The fraction of sp³-hybridized carbons (Fsp3) is 0.786. The number of aromatic nitrogens is 2. The lowest BCUT2D eigenvalue weighted by Gasteiger charge is -2.18. The van der Waals surface area contributed by atoms with Crippen LogP contribution in [0.25, 0.3) is 0 Å². The molecule has 0 spiro atoms. The zero-order chi connectivity index (χ0) is 13.9. The lowest BCUT2D eigenvalue weighted by atomic mass is 9.90. The number of rotatable bonds is 3. The second kappa shape index (κ2) is 5.99. The zero-order valence-corrected chi connectivity index (χ0v) is 12.8. The Morgan fingerprint density at radius 3 is 2.58 bits per heavy atom. The molecular formula is C14H23N3OS. The Morgan fingerprint density at radius 2 is 1.95 bits per heavy atom. The van der Waals surface area contributed by atoms with Crippen LogP contribution in [0.2, 0.25) is 0 Å². The van der Waals surface area contributed by atoms with Gasteiger partial charge in [0.2, 0.25) is 11.0 Å². The Bertz CT molecular complexity index is 430. The molecule has 4 nitrogen and oxygen atoms in total. The largest absolute Gasteiger partial charge is 0.301 e. The van der Waals surface area contributed by atoms with E-state index in [1.165, 1.54) is 43.4 Å². The molecule has 1 fully saturated rings. The number of amides is 1. The van der Waals surface area contributed by atoms with Crippen molar-refractivity contribution >= 4 is 22.4 Å². The standard InChI is InChI=1S/C14H23N3OS/c1-14(2,3)9-11(18)15-13-17-16-12(19-13)10-7-5-4-6-8-10/h10H,4-9H2,1-3H3,(H,15,17,18). The van der Waals surface area contributed by atoms with Gasteiger partial charge in [0.1, 0.15) is 5.01 Å². The van der Waals surface area contributed by atoms with Gasteiger partial charge in [-0.2, -0.15) is 0 Å². The van der Waals surface area contributed by atoms with Gasteiger partial charge in [0.25, 0.3) is 0 Å². The Kier molecular flexibility index (Phi) is 4.55. The predicted molar refractivity (Wildman–Crippen MR) is 78.4 cm³/mol. The number of nitrogens with one attached hydrogen (secondary N) is 1. The van der Waals surface area contributed by atoms with Gasteiger partial charge in [0, 0.05) is 12.3 Å². The van der Waals surface area contributed by atoms with E-state index in [0.717, 1.165) is 5.01 Å². The summed E-state index contributed by atoms with van der Waals surface area (Å²) in [7, 11) is 0. The van der Waals surface area contributed by atoms with E-state index in [1.807, 2.05) is 0 Å². The summed E-state index contributed by atoms with van der Waals surface area (Å²) < 4.78 is 0. The molecule has 0 aliphatic heterocycles. The molecule has 0 radical (unpaired) electrons. The van der Waals surface area contributed by atoms with Gasteiger partial charge >= 0.3 is 0 Å². The van der Waals surface area contributed by atoms with E-state index in [4.69, 9.17) is 0 Å². The van der Waals surface area contributed by atoms with Crippen molar-refractivity contribution in [3.05, 3.63) is 5.01 Å². The van der Waals surface area contributed by atoms with Gasteiger partial charge in [-0.25, -0.2) is 0 Å². The normalized spacial score (nSPS) is 17.4. The quantitative estimate of drug-likeness (QED) is 0.912. The maximum atomic E-state index is 11.8. The molecule has 1 aliphatic carbocycles. The van der Waals surface area contributed by atoms with Crippen molar-refractivity contribution in [1.82, 2.24) is 10.2 Å². The summed E-state index contributed by atoms with van der Waals surface area (Å²) in [5.74, 6) is 0.582. The third-order valence-corrected chi connectivity index (χ3v) is 4.33. The maximum Gasteiger partial charge on any atom is 0.226 e. The molecule has 1 heterocycles. The van der Waals surface area contributed by atoms with E-state index in [1.54, 1.807) is 0 Å². The molecule has 0 bridgehead atoms.